The van der Waals surface area contributed by atoms with Crippen molar-refractivity contribution in [3.8, 4) is 0 Å². The maximum absolute atomic E-state index is 12.4. The molecule has 2 fully saturated rings. The summed E-state index contributed by atoms with van der Waals surface area (Å²) in [6.45, 7) is 5.84. The number of likely N-dealkylation sites (tertiary alicyclic amines) is 1. The first-order valence-electron chi connectivity index (χ1n) is 6.15. The minimum Gasteiger partial charge on any atom is -0.338 e. The fraction of sp³-hybridized carbons (Fsp3) is 0.667. The standard InChI is InChI=1S/C12H18N4O/c1-8-11(5-14-15(8)2)12(17)16-6-9-3-13-4-10(9)7-16/h5,9-10,13H,3-4,6-7H2,1-2H3. The molecule has 3 heterocycles. The fourth-order valence-electron chi connectivity index (χ4n) is 2.90. The van der Waals surface area contributed by atoms with Crippen LogP contribution in [0.5, 0.6) is 0 Å². The molecule has 1 aromatic rings. The third-order valence-corrected chi connectivity index (χ3v) is 4.14. The average molecular weight is 234 g/mol. The number of carbonyl (C=O) groups excluding carboxylic acids is 1. The molecular formula is C12H18N4O. The maximum atomic E-state index is 12.4. The lowest BCUT2D eigenvalue weighted by Gasteiger charge is -2.17. The van der Waals surface area contributed by atoms with Crippen molar-refractivity contribution in [3.05, 3.63) is 17.5 Å². The Labute approximate surface area is 101 Å². The molecule has 2 aliphatic rings. The van der Waals surface area contributed by atoms with Crippen LogP contribution >= 0.6 is 0 Å². The van der Waals surface area contributed by atoms with Gasteiger partial charge in [0, 0.05) is 38.9 Å². The smallest absolute Gasteiger partial charge is 0.257 e. The van der Waals surface area contributed by atoms with Crippen LogP contribution in [-0.2, 0) is 7.05 Å². The minimum absolute atomic E-state index is 0.144. The van der Waals surface area contributed by atoms with E-state index in [0.29, 0.717) is 11.8 Å². The van der Waals surface area contributed by atoms with Crippen LogP contribution in [0, 0.1) is 18.8 Å². The highest BCUT2D eigenvalue weighted by molar-refractivity contribution is 5.95. The number of amides is 1. The summed E-state index contributed by atoms with van der Waals surface area (Å²) in [5.74, 6) is 1.44. The van der Waals surface area contributed by atoms with Gasteiger partial charge in [-0.1, -0.05) is 0 Å². The van der Waals surface area contributed by atoms with E-state index in [1.807, 2.05) is 18.9 Å². The molecule has 0 radical (unpaired) electrons. The van der Waals surface area contributed by atoms with Crippen molar-refractivity contribution in [2.24, 2.45) is 18.9 Å². The molecule has 1 aromatic heterocycles. The van der Waals surface area contributed by atoms with Gasteiger partial charge in [0.2, 0.25) is 0 Å². The monoisotopic (exact) mass is 234 g/mol. The molecule has 3 rings (SSSR count). The Morgan fingerprint density at radius 3 is 2.59 bits per heavy atom. The van der Waals surface area contributed by atoms with Gasteiger partial charge in [-0.05, 0) is 18.8 Å². The number of nitrogens with zero attached hydrogens (tertiary/aromatic N) is 3. The number of aromatic nitrogens is 2. The molecule has 17 heavy (non-hydrogen) atoms. The molecule has 5 heteroatoms. The Morgan fingerprint density at radius 2 is 2.06 bits per heavy atom. The molecule has 1 amide bonds. The van der Waals surface area contributed by atoms with Gasteiger partial charge in [-0.3, -0.25) is 9.48 Å². The highest BCUT2D eigenvalue weighted by atomic mass is 16.2. The second kappa shape index (κ2) is 3.84. The Hall–Kier alpha value is -1.36. The minimum atomic E-state index is 0.144. The zero-order chi connectivity index (χ0) is 12.0. The predicted octanol–water partition coefficient (Wildman–Crippen LogP) is 0.0199. The summed E-state index contributed by atoms with van der Waals surface area (Å²) in [7, 11) is 1.87. The van der Waals surface area contributed by atoms with Crippen molar-refractivity contribution >= 4 is 5.91 Å². The molecule has 1 N–H and O–H groups in total. The van der Waals surface area contributed by atoms with Gasteiger partial charge >= 0.3 is 0 Å². The summed E-state index contributed by atoms with van der Waals surface area (Å²) in [6.07, 6.45) is 1.68. The first kappa shape index (κ1) is 10.8. The van der Waals surface area contributed by atoms with E-state index in [9.17, 15) is 4.79 Å². The Bertz CT molecular complexity index is 441. The van der Waals surface area contributed by atoms with Crippen LogP contribution in [0.2, 0.25) is 0 Å². The molecule has 92 valence electrons. The third-order valence-electron chi connectivity index (χ3n) is 4.14. The highest BCUT2D eigenvalue weighted by Gasteiger charge is 2.38. The first-order chi connectivity index (χ1) is 8.16. The van der Waals surface area contributed by atoms with Crippen molar-refractivity contribution in [2.75, 3.05) is 26.2 Å². The summed E-state index contributed by atoms with van der Waals surface area (Å²) in [5, 5.41) is 7.52. The maximum Gasteiger partial charge on any atom is 0.257 e. The zero-order valence-electron chi connectivity index (χ0n) is 10.3. The molecule has 0 aromatic carbocycles. The largest absolute Gasteiger partial charge is 0.338 e. The Kier molecular flexibility index (Phi) is 2.43. The Balaban J connectivity index is 1.78. The first-order valence-corrected chi connectivity index (χ1v) is 6.15. The van der Waals surface area contributed by atoms with E-state index < -0.39 is 0 Å². The topological polar surface area (TPSA) is 50.2 Å². The summed E-state index contributed by atoms with van der Waals surface area (Å²) in [5.41, 5.74) is 1.70. The van der Waals surface area contributed by atoms with E-state index >= 15 is 0 Å². The van der Waals surface area contributed by atoms with Crippen molar-refractivity contribution < 1.29 is 4.79 Å². The summed E-state index contributed by atoms with van der Waals surface area (Å²) in [4.78, 5) is 14.4. The molecule has 0 aliphatic carbocycles. The lowest BCUT2D eigenvalue weighted by molar-refractivity contribution is 0.0781. The van der Waals surface area contributed by atoms with Gasteiger partial charge in [0.25, 0.3) is 5.91 Å². The molecule has 0 spiro atoms. The van der Waals surface area contributed by atoms with Crippen LogP contribution in [0.1, 0.15) is 16.1 Å². The fourth-order valence-corrected chi connectivity index (χ4v) is 2.90. The van der Waals surface area contributed by atoms with Crippen molar-refractivity contribution in [1.29, 1.82) is 0 Å². The van der Waals surface area contributed by atoms with Crippen molar-refractivity contribution in [2.45, 2.75) is 6.92 Å². The second-order valence-electron chi connectivity index (χ2n) is 5.16. The number of nitrogens with one attached hydrogen (secondary N) is 1. The normalized spacial score (nSPS) is 27.5. The number of fused-ring (bicyclic) bond motifs is 1. The van der Waals surface area contributed by atoms with Gasteiger partial charge in [0.05, 0.1) is 11.8 Å². The van der Waals surface area contributed by atoms with E-state index in [0.717, 1.165) is 37.4 Å². The van der Waals surface area contributed by atoms with Crippen LogP contribution in [-0.4, -0.2) is 46.8 Å². The van der Waals surface area contributed by atoms with Crippen LogP contribution in [0.4, 0.5) is 0 Å². The molecule has 2 unspecified atom stereocenters. The summed E-state index contributed by atoms with van der Waals surface area (Å²) < 4.78 is 1.76. The van der Waals surface area contributed by atoms with Gasteiger partial charge in [-0.2, -0.15) is 5.10 Å². The number of carbonyl (C=O) groups is 1. The molecule has 0 bridgehead atoms. The molecule has 2 aliphatic heterocycles. The lowest BCUT2D eigenvalue weighted by atomic mass is 10.0. The predicted molar refractivity (Wildman–Crippen MR) is 63.7 cm³/mol. The number of aryl methyl sites for hydroxylation is 1. The zero-order valence-corrected chi connectivity index (χ0v) is 10.3. The van der Waals surface area contributed by atoms with E-state index in [4.69, 9.17) is 0 Å². The molecule has 5 nitrogen and oxygen atoms in total. The van der Waals surface area contributed by atoms with Crippen LogP contribution < -0.4 is 5.32 Å². The molecule has 2 saturated heterocycles. The lowest BCUT2D eigenvalue weighted by Crippen LogP contribution is -2.32. The van der Waals surface area contributed by atoms with Crippen LogP contribution in [0.3, 0.4) is 0 Å². The number of rotatable bonds is 1. The van der Waals surface area contributed by atoms with E-state index in [1.54, 1.807) is 10.9 Å². The molecule has 0 saturated carbocycles. The van der Waals surface area contributed by atoms with Crippen molar-refractivity contribution in [3.63, 3.8) is 0 Å². The Morgan fingerprint density at radius 1 is 1.41 bits per heavy atom. The third kappa shape index (κ3) is 1.65. The number of hydrogen-bond acceptors (Lipinski definition) is 3. The van der Waals surface area contributed by atoms with Gasteiger partial charge in [0.15, 0.2) is 0 Å². The van der Waals surface area contributed by atoms with Crippen LogP contribution in [0.15, 0.2) is 6.20 Å². The quantitative estimate of drug-likeness (QED) is 0.745. The van der Waals surface area contributed by atoms with Gasteiger partial charge in [0.1, 0.15) is 0 Å². The number of hydrogen-bond donors (Lipinski definition) is 1. The van der Waals surface area contributed by atoms with Crippen LogP contribution in [0.25, 0.3) is 0 Å². The van der Waals surface area contributed by atoms with Crippen molar-refractivity contribution in [1.82, 2.24) is 20.0 Å². The van der Waals surface area contributed by atoms with E-state index in [1.165, 1.54) is 0 Å². The SMILES string of the molecule is Cc1c(C(=O)N2CC3CNCC3C2)cnn1C. The van der Waals surface area contributed by atoms with E-state index in [-0.39, 0.29) is 5.91 Å². The average Bonchev–Trinajstić information content (AvgIpc) is 2.94. The second-order valence-corrected chi connectivity index (χ2v) is 5.16. The molecular weight excluding hydrogens is 216 g/mol. The van der Waals surface area contributed by atoms with Gasteiger partial charge in [-0.15, -0.1) is 0 Å². The summed E-state index contributed by atoms with van der Waals surface area (Å²) in [6, 6.07) is 0. The van der Waals surface area contributed by atoms with Gasteiger partial charge < -0.3 is 10.2 Å². The van der Waals surface area contributed by atoms with Gasteiger partial charge in [-0.25, -0.2) is 0 Å². The van der Waals surface area contributed by atoms with E-state index in [2.05, 4.69) is 10.4 Å². The summed E-state index contributed by atoms with van der Waals surface area (Å²) >= 11 is 0. The molecule has 2 atom stereocenters. The highest BCUT2D eigenvalue weighted by Crippen LogP contribution is 2.27.